The van der Waals surface area contributed by atoms with Gasteiger partial charge in [-0.2, -0.15) is 0 Å². The summed E-state index contributed by atoms with van der Waals surface area (Å²) >= 11 is 0. The molecule has 0 unspecified atom stereocenters. The first-order valence-corrected chi connectivity index (χ1v) is 7.52. The van der Waals surface area contributed by atoms with Gasteiger partial charge in [0.05, 0.1) is 17.9 Å². The second-order valence-corrected chi connectivity index (χ2v) is 6.83. The molecule has 2 amide bonds. The van der Waals surface area contributed by atoms with Gasteiger partial charge in [0.15, 0.2) is 9.84 Å². The summed E-state index contributed by atoms with van der Waals surface area (Å²) in [5.41, 5.74) is 4.87. The van der Waals surface area contributed by atoms with Crippen LogP contribution in [0.4, 0.5) is 0 Å². The van der Waals surface area contributed by atoms with Crippen molar-refractivity contribution in [2.45, 2.75) is 25.3 Å². The van der Waals surface area contributed by atoms with E-state index in [2.05, 4.69) is 5.32 Å². The van der Waals surface area contributed by atoms with Crippen LogP contribution in [0.25, 0.3) is 0 Å². The zero-order chi connectivity index (χ0) is 14.6. The molecule has 0 radical (unpaired) electrons. The smallest absolute Gasteiger partial charge is 0.326 e. The second-order valence-electron chi connectivity index (χ2n) is 4.60. The molecule has 1 rings (SSSR count). The van der Waals surface area contributed by atoms with Crippen LogP contribution in [0.2, 0.25) is 0 Å². The number of carboxylic acids is 1. The summed E-state index contributed by atoms with van der Waals surface area (Å²) in [5.74, 6) is -3.09. The van der Waals surface area contributed by atoms with Crippen molar-refractivity contribution in [3.05, 3.63) is 0 Å². The van der Waals surface area contributed by atoms with Crippen LogP contribution in [0.3, 0.4) is 0 Å². The summed E-state index contributed by atoms with van der Waals surface area (Å²) in [4.78, 5) is 33.0. The molecule has 0 spiro atoms. The normalized spacial score (nSPS) is 22.6. The van der Waals surface area contributed by atoms with Gasteiger partial charge in [0.25, 0.3) is 0 Å². The van der Waals surface area contributed by atoms with E-state index in [0.29, 0.717) is 6.42 Å². The van der Waals surface area contributed by atoms with Crippen LogP contribution in [0.1, 0.15) is 19.3 Å². The number of rotatable bonds is 6. The molecular formula is C10H16N2O6S. The van der Waals surface area contributed by atoms with Crippen LogP contribution < -0.4 is 11.1 Å². The number of hydrogen-bond acceptors (Lipinski definition) is 5. The molecule has 108 valence electrons. The van der Waals surface area contributed by atoms with Crippen LogP contribution in [0, 0.1) is 5.92 Å². The molecule has 1 aliphatic rings. The average Bonchev–Trinajstić information content (AvgIpc) is 2.56. The van der Waals surface area contributed by atoms with Crippen molar-refractivity contribution in [1.29, 1.82) is 0 Å². The van der Waals surface area contributed by atoms with Crippen LogP contribution in [0.5, 0.6) is 0 Å². The topological polar surface area (TPSA) is 144 Å². The van der Waals surface area contributed by atoms with Crippen molar-refractivity contribution in [2.75, 3.05) is 11.5 Å². The molecule has 1 aliphatic heterocycles. The van der Waals surface area contributed by atoms with Crippen molar-refractivity contribution in [1.82, 2.24) is 5.32 Å². The van der Waals surface area contributed by atoms with Crippen molar-refractivity contribution in [3.8, 4) is 0 Å². The van der Waals surface area contributed by atoms with E-state index >= 15 is 0 Å². The minimum Gasteiger partial charge on any atom is -0.480 e. The molecule has 0 saturated carbocycles. The Hall–Kier alpha value is -1.64. The Kier molecular flexibility index (Phi) is 4.87. The zero-order valence-electron chi connectivity index (χ0n) is 10.2. The second kappa shape index (κ2) is 6.00. The number of amides is 2. The Balaban J connectivity index is 2.49. The highest BCUT2D eigenvalue weighted by Crippen LogP contribution is 2.21. The Bertz CT molecular complexity index is 486. The van der Waals surface area contributed by atoms with E-state index in [9.17, 15) is 22.8 Å². The van der Waals surface area contributed by atoms with Crippen molar-refractivity contribution in [2.24, 2.45) is 11.7 Å². The number of primary amides is 1. The predicted octanol–water partition coefficient (Wildman–Crippen LogP) is -1.74. The Labute approximate surface area is 110 Å². The van der Waals surface area contributed by atoms with Crippen LogP contribution >= 0.6 is 0 Å². The highest BCUT2D eigenvalue weighted by atomic mass is 32.2. The third-order valence-corrected chi connectivity index (χ3v) is 4.68. The van der Waals surface area contributed by atoms with Gasteiger partial charge in [0.1, 0.15) is 6.04 Å². The zero-order valence-corrected chi connectivity index (χ0v) is 11.0. The maximum absolute atomic E-state index is 11.6. The molecule has 2 atom stereocenters. The Morgan fingerprint density at radius 2 is 2.00 bits per heavy atom. The van der Waals surface area contributed by atoms with Gasteiger partial charge in [-0.1, -0.05) is 0 Å². The number of aliphatic carboxylic acids is 1. The minimum atomic E-state index is -3.08. The maximum Gasteiger partial charge on any atom is 0.326 e. The lowest BCUT2D eigenvalue weighted by molar-refractivity contribution is -0.143. The molecule has 0 aromatic rings. The quantitative estimate of drug-likeness (QED) is 0.530. The molecule has 1 saturated heterocycles. The number of nitrogens with two attached hydrogens (primary N) is 1. The highest BCUT2D eigenvalue weighted by molar-refractivity contribution is 7.91. The van der Waals surface area contributed by atoms with E-state index in [0.717, 1.165) is 0 Å². The summed E-state index contributed by atoms with van der Waals surface area (Å²) < 4.78 is 22.4. The molecule has 0 aromatic carbocycles. The van der Waals surface area contributed by atoms with Crippen molar-refractivity contribution >= 4 is 27.6 Å². The first-order chi connectivity index (χ1) is 8.69. The molecule has 1 fully saturated rings. The third-order valence-electron chi connectivity index (χ3n) is 2.84. The third kappa shape index (κ3) is 5.25. The summed E-state index contributed by atoms with van der Waals surface area (Å²) in [6.45, 7) is 0. The molecule has 0 aromatic heterocycles. The minimum absolute atomic E-state index is 0.0502. The number of carbonyl (C=O) groups is 3. The number of sulfone groups is 1. The van der Waals surface area contributed by atoms with E-state index < -0.39 is 40.1 Å². The average molecular weight is 292 g/mol. The van der Waals surface area contributed by atoms with Crippen molar-refractivity contribution < 1.29 is 27.9 Å². The van der Waals surface area contributed by atoms with E-state index in [1.54, 1.807) is 0 Å². The first-order valence-electron chi connectivity index (χ1n) is 5.70. The fourth-order valence-corrected chi connectivity index (χ4v) is 3.81. The van der Waals surface area contributed by atoms with Crippen LogP contribution in [0.15, 0.2) is 0 Å². The predicted molar refractivity (Wildman–Crippen MR) is 64.8 cm³/mol. The lowest BCUT2D eigenvalue weighted by Crippen LogP contribution is -2.43. The lowest BCUT2D eigenvalue weighted by atomic mass is 10.0. The monoisotopic (exact) mass is 292 g/mol. The maximum atomic E-state index is 11.6. The van der Waals surface area contributed by atoms with Gasteiger partial charge in [-0.05, 0) is 12.3 Å². The van der Waals surface area contributed by atoms with Gasteiger partial charge in [0, 0.05) is 6.42 Å². The largest absolute Gasteiger partial charge is 0.480 e. The molecule has 1 heterocycles. The lowest BCUT2D eigenvalue weighted by Gasteiger charge is -2.14. The Morgan fingerprint density at radius 1 is 1.37 bits per heavy atom. The number of carbonyl (C=O) groups excluding carboxylic acids is 2. The van der Waals surface area contributed by atoms with Gasteiger partial charge in [-0.15, -0.1) is 0 Å². The standard InChI is InChI=1S/C10H16N2O6S/c11-8(13)4-7(10(15)16)12-9(14)3-6-1-2-19(17,18)5-6/h6-7H,1-5H2,(H2,11,13)(H,12,14)(H,15,16)/t6-,7-/m0/s1. The molecule has 0 bridgehead atoms. The van der Waals surface area contributed by atoms with Crippen LogP contribution in [-0.2, 0) is 24.2 Å². The molecular weight excluding hydrogens is 276 g/mol. The molecule has 19 heavy (non-hydrogen) atoms. The van der Waals surface area contributed by atoms with Crippen molar-refractivity contribution in [3.63, 3.8) is 0 Å². The SMILES string of the molecule is NC(=O)C[C@H](NC(=O)C[C@@H]1CCS(=O)(=O)C1)C(=O)O. The summed E-state index contributed by atoms with van der Waals surface area (Å²) in [5, 5.41) is 11.0. The molecule has 4 N–H and O–H groups in total. The fraction of sp³-hybridized carbons (Fsp3) is 0.700. The van der Waals surface area contributed by atoms with E-state index in [1.165, 1.54) is 0 Å². The van der Waals surface area contributed by atoms with Gasteiger partial charge < -0.3 is 16.2 Å². The molecule has 8 nitrogen and oxygen atoms in total. The fourth-order valence-electron chi connectivity index (χ4n) is 1.95. The Morgan fingerprint density at radius 3 is 2.42 bits per heavy atom. The number of carboxylic acid groups (broad SMARTS) is 1. The first kappa shape index (κ1) is 15.4. The highest BCUT2D eigenvalue weighted by Gasteiger charge is 2.30. The van der Waals surface area contributed by atoms with Gasteiger partial charge >= 0.3 is 5.97 Å². The number of nitrogens with one attached hydrogen (secondary N) is 1. The van der Waals surface area contributed by atoms with E-state index in [1.807, 2.05) is 0 Å². The van der Waals surface area contributed by atoms with Gasteiger partial charge in [-0.25, -0.2) is 13.2 Å². The summed E-state index contributed by atoms with van der Waals surface area (Å²) in [6.07, 6.45) is -0.172. The number of hydrogen-bond donors (Lipinski definition) is 3. The molecule has 0 aliphatic carbocycles. The van der Waals surface area contributed by atoms with Gasteiger partial charge in [-0.3, -0.25) is 9.59 Å². The summed E-state index contributed by atoms with van der Waals surface area (Å²) in [6, 6.07) is -1.37. The van der Waals surface area contributed by atoms with E-state index in [4.69, 9.17) is 10.8 Å². The van der Waals surface area contributed by atoms with E-state index in [-0.39, 0.29) is 23.8 Å². The van der Waals surface area contributed by atoms with Gasteiger partial charge in [0.2, 0.25) is 11.8 Å². The van der Waals surface area contributed by atoms with Crippen LogP contribution in [-0.4, -0.2) is 48.9 Å². The summed E-state index contributed by atoms with van der Waals surface area (Å²) in [7, 11) is -3.08. The molecule has 9 heteroatoms.